The minimum Gasteiger partial charge on any atom is -0.226 e. The Balaban J connectivity index is 2.19. The highest BCUT2D eigenvalue weighted by molar-refractivity contribution is 9.11. The second kappa shape index (κ2) is 5.39. The van der Waals surface area contributed by atoms with Gasteiger partial charge in [-0.1, -0.05) is 25.7 Å². The summed E-state index contributed by atoms with van der Waals surface area (Å²) in [5, 5.41) is 0. The number of aromatic nitrogens is 2. The van der Waals surface area contributed by atoms with Gasteiger partial charge in [-0.05, 0) is 44.7 Å². The molecule has 1 heterocycles. The van der Waals surface area contributed by atoms with Crippen molar-refractivity contribution in [3.8, 4) is 0 Å². The monoisotopic (exact) mass is 332 g/mol. The summed E-state index contributed by atoms with van der Waals surface area (Å²) < 4.78 is 1.76. The maximum Gasteiger partial charge on any atom is 0.134 e. The van der Waals surface area contributed by atoms with Gasteiger partial charge in [0.2, 0.25) is 0 Å². The summed E-state index contributed by atoms with van der Waals surface area (Å²) in [6.07, 6.45) is 7.85. The third kappa shape index (κ3) is 3.25. The zero-order chi connectivity index (χ0) is 10.7. The van der Waals surface area contributed by atoms with E-state index >= 15 is 0 Å². The maximum absolute atomic E-state index is 4.47. The molecule has 1 aromatic rings. The lowest BCUT2D eigenvalue weighted by molar-refractivity contribution is 0.558. The van der Waals surface area contributed by atoms with Crippen LogP contribution >= 0.6 is 31.9 Å². The van der Waals surface area contributed by atoms with Gasteiger partial charge < -0.3 is 0 Å². The topological polar surface area (TPSA) is 25.8 Å². The molecule has 0 aliphatic heterocycles. The van der Waals surface area contributed by atoms with Gasteiger partial charge in [0.15, 0.2) is 0 Å². The lowest BCUT2D eigenvalue weighted by Crippen LogP contribution is -2.04. The van der Waals surface area contributed by atoms with E-state index in [1.54, 1.807) is 0 Å². The molecule has 1 saturated carbocycles. The van der Waals surface area contributed by atoms with E-state index in [1.165, 1.54) is 38.5 Å². The second-order valence-corrected chi connectivity index (χ2v) is 5.69. The highest BCUT2D eigenvalue weighted by atomic mass is 79.9. The molecule has 0 bridgehead atoms. The van der Waals surface area contributed by atoms with Crippen LogP contribution in [-0.2, 0) is 0 Å². The normalized spacial score (nSPS) is 18.8. The molecule has 0 unspecified atom stereocenters. The molecule has 1 aliphatic rings. The molecule has 0 atom stereocenters. The summed E-state index contributed by atoms with van der Waals surface area (Å²) in [5.41, 5.74) is 0. The molecule has 0 radical (unpaired) electrons. The minimum atomic E-state index is 0.557. The summed E-state index contributed by atoms with van der Waals surface area (Å²) in [7, 11) is 0. The van der Waals surface area contributed by atoms with Crippen LogP contribution in [0.25, 0.3) is 0 Å². The molecular formula is C11H14Br2N2. The van der Waals surface area contributed by atoms with Crippen molar-refractivity contribution in [1.82, 2.24) is 9.97 Å². The Morgan fingerprint density at radius 3 is 2.00 bits per heavy atom. The van der Waals surface area contributed by atoms with Crippen LogP contribution in [0.15, 0.2) is 15.3 Å². The zero-order valence-electron chi connectivity index (χ0n) is 8.55. The van der Waals surface area contributed by atoms with Crippen LogP contribution < -0.4 is 0 Å². The quantitative estimate of drug-likeness (QED) is 0.561. The van der Waals surface area contributed by atoms with Gasteiger partial charge in [-0.3, -0.25) is 0 Å². The molecule has 15 heavy (non-hydrogen) atoms. The van der Waals surface area contributed by atoms with Crippen LogP contribution in [0.2, 0.25) is 0 Å². The van der Waals surface area contributed by atoms with Gasteiger partial charge in [-0.25, -0.2) is 9.97 Å². The molecule has 2 nitrogen and oxygen atoms in total. The Morgan fingerprint density at radius 1 is 0.933 bits per heavy atom. The van der Waals surface area contributed by atoms with E-state index in [4.69, 9.17) is 0 Å². The summed E-state index contributed by atoms with van der Waals surface area (Å²) >= 11 is 6.84. The van der Waals surface area contributed by atoms with Gasteiger partial charge in [0, 0.05) is 12.0 Å². The van der Waals surface area contributed by atoms with Crippen molar-refractivity contribution in [3.05, 3.63) is 21.1 Å². The summed E-state index contributed by atoms with van der Waals surface area (Å²) in [4.78, 5) is 8.95. The van der Waals surface area contributed by atoms with E-state index < -0.39 is 0 Å². The highest BCUT2D eigenvalue weighted by Gasteiger charge is 2.17. The highest BCUT2D eigenvalue weighted by Crippen LogP contribution is 2.30. The second-order valence-electron chi connectivity index (χ2n) is 4.06. The van der Waals surface area contributed by atoms with Gasteiger partial charge in [0.05, 0.1) is 0 Å². The number of halogens is 2. The van der Waals surface area contributed by atoms with Crippen molar-refractivity contribution < 1.29 is 0 Å². The Kier molecular flexibility index (Phi) is 4.14. The first-order chi connectivity index (χ1) is 7.25. The van der Waals surface area contributed by atoms with Gasteiger partial charge in [0.1, 0.15) is 15.0 Å². The molecule has 4 heteroatoms. The fourth-order valence-corrected chi connectivity index (χ4v) is 3.23. The lowest BCUT2D eigenvalue weighted by Gasteiger charge is -2.12. The first-order valence-corrected chi connectivity index (χ1v) is 7.04. The maximum atomic E-state index is 4.47. The summed E-state index contributed by atoms with van der Waals surface area (Å²) in [6, 6.07) is 1.89. The van der Waals surface area contributed by atoms with Gasteiger partial charge >= 0.3 is 0 Å². The Hall–Kier alpha value is 0.0400. The van der Waals surface area contributed by atoms with E-state index in [0.29, 0.717) is 5.92 Å². The molecule has 0 aromatic carbocycles. The van der Waals surface area contributed by atoms with E-state index in [-0.39, 0.29) is 0 Å². The fraction of sp³-hybridized carbons (Fsp3) is 0.636. The Bertz CT molecular complexity index is 313. The van der Waals surface area contributed by atoms with E-state index in [1.807, 2.05) is 6.07 Å². The van der Waals surface area contributed by atoms with E-state index in [9.17, 15) is 0 Å². The molecule has 2 rings (SSSR count). The largest absolute Gasteiger partial charge is 0.226 e. The van der Waals surface area contributed by atoms with Crippen LogP contribution in [0.3, 0.4) is 0 Å². The third-order valence-corrected chi connectivity index (χ3v) is 3.71. The number of hydrogen-bond acceptors (Lipinski definition) is 2. The predicted octanol–water partition coefficient (Wildman–Crippen LogP) is 4.44. The van der Waals surface area contributed by atoms with Gasteiger partial charge in [-0.15, -0.1) is 0 Å². The summed E-state index contributed by atoms with van der Waals surface area (Å²) in [6.45, 7) is 0. The van der Waals surface area contributed by atoms with Crippen LogP contribution in [0.4, 0.5) is 0 Å². The molecule has 0 saturated heterocycles. The van der Waals surface area contributed by atoms with Crippen molar-refractivity contribution in [1.29, 1.82) is 0 Å². The first-order valence-electron chi connectivity index (χ1n) is 5.45. The van der Waals surface area contributed by atoms with E-state index in [0.717, 1.165) is 15.0 Å². The molecule has 1 aromatic heterocycles. The summed E-state index contributed by atoms with van der Waals surface area (Å²) in [5.74, 6) is 1.56. The Morgan fingerprint density at radius 2 is 1.47 bits per heavy atom. The number of rotatable bonds is 1. The van der Waals surface area contributed by atoms with Gasteiger partial charge in [-0.2, -0.15) is 0 Å². The molecule has 82 valence electrons. The van der Waals surface area contributed by atoms with Crippen molar-refractivity contribution >= 4 is 31.9 Å². The van der Waals surface area contributed by atoms with Crippen LogP contribution in [0.5, 0.6) is 0 Å². The molecule has 0 spiro atoms. The third-order valence-electron chi connectivity index (χ3n) is 2.90. The number of nitrogens with zero attached hydrogens (tertiary/aromatic N) is 2. The van der Waals surface area contributed by atoms with Crippen molar-refractivity contribution in [2.24, 2.45) is 0 Å². The smallest absolute Gasteiger partial charge is 0.134 e. The van der Waals surface area contributed by atoms with Crippen molar-refractivity contribution in [3.63, 3.8) is 0 Å². The van der Waals surface area contributed by atoms with Crippen molar-refractivity contribution in [2.75, 3.05) is 0 Å². The minimum absolute atomic E-state index is 0.557. The average molecular weight is 334 g/mol. The number of hydrogen-bond donors (Lipinski definition) is 0. The molecule has 0 amide bonds. The predicted molar refractivity (Wildman–Crippen MR) is 67.9 cm³/mol. The van der Waals surface area contributed by atoms with Crippen LogP contribution in [0.1, 0.15) is 50.3 Å². The standard InChI is InChI=1S/C11H14Br2N2/c12-9-7-10(13)15-11(14-9)8-5-3-1-2-4-6-8/h7-8H,1-6H2. The average Bonchev–Trinajstić information content (AvgIpc) is 2.43. The molecule has 1 fully saturated rings. The fourth-order valence-electron chi connectivity index (χ4n) is 2.13. The molecule has 0 N–H and O–H groups in total. The first kappa shape index (κ1) is 11.5. The van der Waals surface area contributed by atoms with E-state index in [2.05, 4.69) is 41.8 Å². The molecular weight excluding hydrogens is 320 g/mol. The molecule has 1 aliphatic carbocycles. The Labute approximate surface area is 107 Å². The van der Waals surface area contributed by atoms with Crippen molar-refractivity contribution in [2.45, 2.75) is 44.4 Å². The van der Waals surface area contributed by atoms with Gasteiger partial charge in [0.25, 0.3) is 0 Å². The zero-order valence-corrected chi connectivity index (χ0v) is 11.7. The SMILES string of the molecule is Brc1cc(Br)nc(C2CCCCCC2)n1. The lowest BCUT2D eigenvalue weighted by atomic mass is 10.00. The van der Waals surface area contributed by atoms with Crippen LogP contribution in [0, 0.1) is 0 Å². The van der Waals surface area contributed by atoms with Crippen LogP contribution in [-0.4, -0.2) is 9.97 Å².